The predicted octanol–water partition coefficient (Wildman–Crippen LogP) is 2.77. The van der Waals surface area contributed by atoms with Crippen LogP contribution in [-0.2, 0) is 4.79 Å². The standard InChI is InChI=1S/C18H20N2O3/c1-12-7-8-15(16(21)11-12)20-17(22)9-10-19-18(23)14-6-4-3-5-13(14)2/h3-8,11,21H,9-10H2,1-2H3,(H,19,23)(H,20,22). The highest BCUT2D eigenvalue weighted by molar-refractivity contribution is 5.96. The summed E-state index contributed by atoms with van der Waals surface area (Å²) in [4.78, 5) is 23.9. The highest BCUT2D eigenvalue weighted by atomic mass is 16.3. The van der Waals surface area contributed by atoms with E-state index in [1.165, 1.54) is 0 Å². The van der Waals surface area contributed by atoms with E-state index in [1.54, 1.807) is 30.3 Å². The SMILES string of the molecule is Cc1ccc(NC(=O)CCNC(=O)c2ccccc2C)c(O)c1. The van der Waals surface area contributed by atoms with Crippen LogP contribution in [0, 0.1) is 13.8 Å². The molecular weight excluding hydrogens is 292 g/mol. The Morgan fingerprint density at radius 1 is 1.09 bits per heavy atom. The first-order valence-corrected chi connectivity index (χ1v) is 7.40. The molecule has 0 bridgehead atoms. The molecule has 2 aromatic carbocycles. The van der Waals surface area contributed by atoms with Crippen LogP contribution in [-0.4, -0.2) is 23.5 Å². The Bertz CT molecular complexity index is 726. The number of anilines is 1. The molecule has 0 aliphatic carbocycles. The van der Waals surface area contributed by atoms with Crippen LogP contribution in [0.15, 0.2) is 42.5 Å². The van der Waals surface area contributed by atoms with E-state index in [9.17, 15) is 14.7 Å². The number of aromatic hydroxyl groups is 1. The fourth-order valence-electron chi connectivity index (χ4n) is 2.17. The molecule has 0 heterocycles. The van der Waals surface area contributed by atoms with Gasteiger partial charge in [0.2, 0.25) is 5.91 Å². The Balaban J connectivity index is 1.83. The van der Waals surface area contributed by atoms with Gasteiger partial charge in [-0.05, 0) is 43.2 Å². The largest absolute Gasteiger partial charge is 0.506 e. The molecule has 0 atom stereocenters. The molecule has 0 aromatic heterocycles. The van der Waals surface area contributed by atoms with Gasteiger partial charge in [-0.15, -0.1) is 0 Å². The predicted molar refractivity (Wildman–Crippen MR) is 89.6 cm³/mol. The summed E-state index contributed by atoms with van der Waals surface area (Å²) in [6, 6.07) is 12.3. The number of benzene rings is 2. The molecule has 5 nitrogen and oxygen atoms in total. The molecule has 0 spiro atoms. The van der Waals surface area contributed by atoms with Crippen LogP contribution in [0.3, 0.4) is 0 Å². The average molecular weight is 312 g/mol. The molecule has 0 aliphatic heterocycles. The number of aryl methyl sites for hydroxylation is 2. The van der Waals surface area contributed by atoms with Gasteiger partial charge in [-0.3, -0.25) is 9.59 Å². The number of hydrogen-bond donors (Lipinski definition) is 3. The Morgan fingerprint density at radius 2 is 1.83 bits per heavy atom. The van der Waals surface area contributed by atoms with E-state index in [0.29, 0.717) is 11.3 Å². The van der Waals surface area contributed by atoms with E-state index < -0.39 is 0 Å². The molecule has 0 unspecified atom stereocenters. The molecule has 23 heavy (non-hydrogen) atoms. The van der Waals surface area contributed by atoms with Crippen LogP contribution >= 0.6 is 0 Å². The normalized spacial score (nSPS) is 10.2. The van der Waals surface area contributed by atoms with Gasteiger partial charge in [0, 0.05) is 18.5 Å². The third kappa shape index (κ3) is 4.57. The zero-order chi connectivity index (χ0) is 16.8. The summed E-state index contributed by atoms with van der Waals surface area (Å²) in [6.07, 6.45) is 0.130. The first kappa shape index (κ1) is 16.5. The zero-order valence-corrected chi connectivity index (χ0v) is 13.2. The Morgan fingerprint density at radius 3 is 2.52 bits per heavy atom. The van der Waals surface area contributed by atoms with E-state index in [0.717, 1.165) is 11.1 Å². The van der Waals surface area contributed by atoms with Gasteiger partial charge >= 0.3 is 0 Å². The van der Waals surface area contributed by atoms with Gasteiger partial charge < -0.3 is 15.7 Å². The van der Waals surface area contributed by atoms with Crippen molar-refractivity contribution in [2.75, 3.05) is 11.9 Å². The highest BCUT2D eigenvalue weighted by Crippen LogP contribution is 2.23. The second kappa shape index (κ2) is 7.45. The van der Waals surface area contributed by atoms with E-state index in [4.69, 9.17) is 0 Å². The molecule has 120 valence electrons. The van der Waals surface area contributed by atoms with Gasteiger partial charge in [-0.1, -0.05) is 24.3 Å². The van der Waals surface area contributed by atoms with Crippen molar-refractivity contribution in [1.29, 1.82) is 0 Å². The van der Waals surface area contributed by atoms with Crippen LogP contribution < -0.4 is 10.6 Å². The smallest absolute Gasteiger partial charge is 0.251 e. The van der Waals surface area contributed by atoms with E-state index >= 15 is 0 Å². The molecule has 2 amide bonds. The molecular formula is C18H20N2O3. The third-order valence-electron chi connectivity index (χ3n) is 3.45. The molecule has 0 aliphatic rings. The minimum absolute atomic E-state index is 0.0299. The lowest BCUT2D eigenvalue weighted by atomic mass is 10.1. The third-order valence-corrected chi connectivity index (χ3v) is 3.45. The summed E-state index contributed by atoms with van der Waals surface area (Å²) in [5.41, 5.74) is 2.76. The summed E-state index contributed by atoms with van der Waals surface area (Å²) >= 11 is 0. The Hall–Kier alpha value is -2.82. The lowest BCUT2D eigenvalue weighted by Gasteiger charge is -2.09. The first-order valence-electron chi connectivity index (χ1n) is 7.40. The summed E-state index contributed by atoms with van der Waals surface area (Å²) < 4.78 is 0. The second-order valence-electron chi connectivity index (χ2n) is 5.39. The molecule has 0 radical (unpaired) electrons. The summed E-state index contributed by atoms with van der Waals surface area (Å²) in [5.74, 6) is -0.439. The number of carbonyl (C=O) groups excluding carboxylic acids is 2. The van der Waals surface area contributed by atoms with Crippen molar-refractivity contribution in [3.05, 3.63) is 59.2 Å². The quantitative estimate of drug-likeness (QED) is 0.743. The monoisotopic (exact) mass is 312 g/mol. The van der Waals surface area contributed by atoms with Crippen molar-refractivity contribution in [2.24, 2.45) is 0 Å². The van der Waals surface area contributed by atoms with Crippen LogP contribution in [0.25, 0.3) is 0 Å². The van der Waals surface area contributed by atoms with Gasteiger partial charge in [0.25, 0.3) is 5.91 Å². The summed E-state index contributed by atoms with van der Waals surface area (Å²) in [6.45, 7) is 3.94. The lowest BCUT2D eigenvalue weighted by molar-refractivity contribution is -0.116. The maximum absolute atomic E-state index is 12.0. The van der Waals surface area contributed by atoms with Crippen molar-refractivity contribution in [2.45, 2.75) is 20.3 Å². The fourth-order valence-corrected chi connectivity index (χ4v) is 2.17. The number of hydrogen-bond acceptors (Lipinski definition) is 3. The molecule has 2 rings (SSSR count). The van der Waals surface area contributed by atoms with Crippen molar-refractivity contribution < 1.29 is 14.7 Å². The number of amides is 2. The summed E-state index contributed by atoms with van der Waals surface area (Å²) in [5, 5.41) is 15.1. The average Bonchev–Trinajstić information content (AvgIpc) is 2.50. The van der Waals surface area contributed by atoms with E-state index in [1.807, 2.05) is 26.0 Å². The Kier molecular flexibility index (Phi) is 5.36. The maximum Gasteiger partial charge on any atom is 0.251 e. The van der Waals surface area contributed by atoms with E-state index in [2.05, 4.69) is 10.6 Å². The van der Waals surface area contributed by atoms with Gasteiger partial charge in [0.05, 0.1) is 5.69 Å². The van der Waals surface area contributed by atoms with Crippen molar-refractivity contribution in [1.82, 2.24) is 5.32 Å². The highest BCUT2D eigenvalue weighted by Gasteiger charge is 2.10. The fraction of sp³-hybridized carbons (Fsp3) is 0.222. The van der Waals surface area contributed by atoms with Crippen molar-refractivity contribution in [3.8, 4) is 5.75 Å². The number of nitrogens with one attached hydrogen (secondary N) is 2. The van der Waals surface area contributed by atoms with Gasteiger partial charge in [0.15, 0.2) is 0 Å². The van der Waals surface area contributed by atoms with Crippen molar-refractivity contribution >= 4 is 17.5 Å². The lowest BCUT2D eigenvalue weighted by Crippen LogP contribution is -2.28. The van der Waals surface area contributed by atoms with Crippen LogP contribution in [0.1, 0.15) is 27.9 Å². The molecule has 0 fully saturated rings. The molecule has 0 saturated carbocycles. The van der Waals surface area contributed by atoms with Gasteiger partial charge in [-0.2, -0.15) is 0 Å². The van der Waals surface area contributed by atoms with Gasteiger partial charge in [0.1, 0.15) is 5.75 Å². The number of phenolic OH excluding ortho intramolecular Hbond substituents is 1. The van der Waals surface area contributed by atoms with Crippen molar-refractivity contribution in [3.63, 3.8) is 0 Å². The topological polar surface area (TPSA) is 78.4 Å². The van der Waals surface area contributed by atoms with Crippen LogP contribution in [0.5, 0.6) is 5.75 Å². The number of phenols is 1. The molecule has 0 saturated heterocycles. The second-order valence-corrected chi connectivity index (χ2v) is 5.39. The minimum Gasteiger partial charge on any atom is -0.506 e. The van der Waals surface area contributed by atoms with E-state index in [-0.39, 0.29) is 30.5 Å². The number of rotatable bonds is 5. The van der Waals surface area contributed by atoms with Crippen LogP contribution in [0.2, 0.25) is 0 Å². The molecule has 5 heteroatoms. The molecule has 2 aromatic rings. The minimum atomic E-state index is -0.269. The number of carbonyl (C=O) groups is 2. The summed E-state index contributed by atoms with van der Waals surface area (Å²) in [7, 11) is 0. The zero-order valence-electron chi connectivity index (χ0n) is 13.2. The van der Waals surface area contributed by atoms with Crippen LogP contribution in [0.4, 0.5) is 5.69 Å². The Labute approximate surface area is 135 Å². The maximum atomic E-state index is 12.0. The molecule has 3 N–H and O–H groups in total. The first-order chi connectivity index (χ1) is 11.0. The van der Waals surface area contributed by atoms with Gasteiger partial charge in [-0.25, -0.2) is 0 Å².